The molecule has 0 spiro atoms. The van der Waals surface area contributed by atoms with Gasteiger partial charge in [-0.2, -0.15) is 5.26 Å². The lowest BCUT2D eigenvalue weighted by Crippen LogP contribution is -2.50. The van der Waals surface area contributed by atoms with E-state index in [2.05, 4.69) is 21.6 Å². The second-order valence-corrected chi connectivity index (χ2v) is 10.4. The molecular weight excluding hydrogens is 533 g/mol. The minimum atomic E-state index is -0.735. The monoisotopic (exact) mass is 563 g/mol. The number of likely N-dealkylation sites (tertiary alicyclic amines) is 1. The maximum absolute atomic E-state index is 13.3. The first-order valence-electron chi connectivity index (χ1n) is 13.0. The van der Waals surface area contributed by atoms with Gasteiger partial charge in [0.15, 0.2) is 0 Å². The molecule has 3 aromatic rings. The first-order chi connectivity index (χ1) is 18.9. The Labute approximate surface area is 239 Å². The summed E-state index contributed by atoms with van der Waals surface area (Å²) in [6.45, 7) is 3.82. The van der Waals surface area contributed by atoms with Crippen LogP contribution in [0.1, 0.15) is 24.0 Å². The molecule has 1 saturated heterocycles. The highest BCUT2D eigenvalue weighted by atomic mass is 35.5. The van der Waals surface area contributed by atoms with Gasteiger partial charge in [0.05, 0.1) is 11.6 Å². The maximum Gasteiger partial charge on any atom is 0.318 e. The summed E-state index contributed by atoms with van der Waals surface area (Å²) >= 11 is 12.2. The molecule has 39 heavy (non-hydrogen) atoms. The zero-order valence-electron chi connectivity index (χ0n) is 21.6. The van der Waals surface area contributed by atoms with E-state index in [1.807, 2.05) is 42.5 Å². The molecule has 1 aliphatic heterocycles. The lowest BCUT2D eigenvalue weighted by Gasteiger charge is -2.29. The number of carbonyl (C=O) groups excluding carboxylic acids is 2. The molecule has 1 fully saturated rings. The van der Waals surface area contributed by atoms with Crippen molar-refractivity contribution in [3.8, 4) is 17.2 Å². The van der Waals surface area contributed by atoms with E-state index in [-0.39, 0.29) is 19.1 Å². The van der Waals surface area contributed by atoms with Crippen molar-refractivity contribution in [2.75, 3.05) is 38.0 Å². The Bertz CT molecular complexity index is 1300. The van der Waals surface area contributed by atoms with Crippen LogP contribution in [-0.4, -0.2) is 60.9 Å². The minimum Gasteiger partial charge on any atom is -0.382 e. The molecule has 4 rings (SSSR count). The molecule has 2 amide bonds. The molecule has 0 aliphatic carbocycles. The van der Waals surface area contributed by atoms with Crippen LogP contribution < -0.4 is 10.6 Å². The van der Waals surface area contributed by atoms with Crippen LogP contribution in [0.25, 0.3) is 11.1 Å². The number of anilines is 1. The molecule has 1 atom stereocenters. The summed E-state index contributed by atoms with van der Waals surface area (Å²) in [6.07, 6.45) is 3.15. The van der Waals surface area contributed by atoms with Gasteiger partial charge in [0.1, 0.15) is 12.3 Å². The summed E-state index contributed by atoms with van der Waals surface area (Å²) in [5.41, 5.74) is 4.03. The minimum absolute atomic E-state index is 0.193. The Balaban J connectivity index is 1.48. The fourth-order valence-corrected chi connectivity index (χ4v) is 5.17. The first-order valence-corrected chi connectivity index (χ1v) is 13.7. The molecular formula is C30H31Cl2N5O2. The van der Waals surface area contributed by atoms with Crippen LogP contribution in [0.2, 0.25) is 10.0 Å². The van der Waals surface area contributed by atoms with E-state index in [1.54, 1.807) is 29.2 Å². The number of hydrogen-bond donors (Lipinski definition) is 2. The van der Waals surface area contributed by atoms with Crippen molar-refractivity contribution in [2.24, 2.45) is 0 Å². The van der Waals surface area contributed by atoms with E-state index < -0.39 is 6.04 Å². The lowest BCUT2D eigenvalue weighted by atomic mass is 10.0. The van der Waals surface area contributed by atoms with Crippen LogP contribution in [0, 0.1) is 11.3 Å². The Morgan fingerprint density at radius 1 is 1.03 bits per heavy atom. The number of rotatable bonds is 11. The van der Waals surface area contributed by atoms with E-state index in [1.165, 1.54) is 12.8 Å². The van der Waals surface area contributed by atoms with Gasteiger partial charge in [0.2, 0.25) is 0 Å². The van der Waals surface area contributed by atoms with E-state index in [4.69, 9.17) is 23.2 Å². The number of nitrogens with one attached hydrogen (secondary N) is 2. The molecule has 202 valence electrons. The average molecular weight is 565 g/mol. The van der Waals surface area contributed by atoms with Gasteiger partial charge in [0, 0.05) is 41.9 Å². The van der Waals surface area contributed by atoms with Gasteiger partial charge in [-0.05, 0) is 73.0 Å². The van der Waals surface area contributed by atoms with Crippen molar-refractivity contribution in [1.29, 1.82) is 5.26 Å². The van der Waals surface area contributed by atoms with Crippen LogP contribution in [0.15, 0.2) is 66.7 Å². The number of hydrogen-bond acceptors (Lipinski definition) is 5. The van der Waals surface area contributed by atoms with Crippen LogP contribution in [-0.2, 0) is 11.3 Å². The van der Waals surface area contributed by atoms with Gasteiger partial charge < -0.3 is 25.2 Å². The number of benzene rings is 3. The molecule has 0 aromatic heterocycles. The molecule has 0 radical (unpaired) electrons. The van der Waals surface area contributed by atoms with Gasteiger partial charge in [-0.15, -0.1) is 0 Å². The summed E-state index contributed by atoms with van der Waals surface area (Å²) in [4.78, 5) is 29.4. The number of nitrogens with zero attached hydrogens (tertiary/aromatic N) is 3. The van der Waals surface area contributed by atoms with E-state index in [0.717, 1.165) is 42.6 Å². The molecule has 1 unspecified atom stereocenters. The zero-order valence-corrected chi connectivity index (χ0v) is 23.1. The highest BCUT2D eigenvalue weighted by molar-refractivity contribution is 6.35. The molecule has 7 nitrogen and oxygen atoms in total. The third-order valence-electron chi connectivity index (χ3n) is 6.73. The third kappa shape index (κ3) is 8.21. The number of halogens is 2. The Hall–Kier alpha value is -3.57. The molecule has 1 heterocycles. The molecule has 0 bridgehead atoms. The summed E-state index contributed by atoms with van der Waals surface area (Å²) in [5, 5.41) is 16.3. The van der Waals surface area contributed by atoms with Gasteiger partial charge in [0.25, 0.3) is 0 Å². The van der Waals surface area contributed by atoms with Gasteiger partial charge in [-0.25, -0.2) is 4.79 Å². The second-order valence-electron chi connectivity index (χ2n) is 9.54. The largest absolute Gasteiger partial charge is 0.382 e. The highest BCUT2D eigenvalue weighted by Gasteiger charge is 2.24. The van der Waals surface area contributed by atoms with Gasteiger partial charge in [-0.1, -0.05) is 59.6 Å². The average Bonchev–Trinajstić information content (AvgIpc) is 3.46. The number of carbonyl (C=O) groups is 2. The van der Waals surface area contributed by atoms with Crippen molar-refractivity contribution in [3.63, 3.8) is 0 Å². The molecule has 1 aliphatic rings. The smallest absolute Gasteiger partial charge is 0.318 e. The number of aldehydes is 1. The fraction of sp³-hybridized carbons (Fsp3) is 0.300. The summed E-state index contributed by atoms with van der Waals surface area (Å²) in [6, 6.07) is 21.4. The summed E-state index contributed by atoms with van der Waals surface area (Å²) < 4.78 is 0. The van der Waals surface area contributed by atoms with Crippen LogP contribution in [0.3, 0.4) is 0 Å². The highest BCUT2D eigenvalue weighted by Crippen LogP contribution is 2.24. The van der Waals surface area contributed by atoms with Crippen LogP contribution in [0.5, 0.6) is 0 Å². The van der Waals surface area contributed by atoms with Gasteiger partial charge >= 0.3 is 6.03 Å². The number of urea groups is 1. The predicted molar refractivity (Wildman–Crippen MR) is 156 cm³/mol. The first kappa shape index (κ1) is 28.4. The van der Waals surface area contributed by atoms with Crippen molar-refractivity contribution >= 4 is 41.2 Å². The van der Waals surface area contributed by atoms with E-state index in [9.17, 15) is 14.9 Å². The maximum atomic E-state index is 13.3. The lowest BCUT2D eigenvalue weighted by molar-refractivity contribution is -0.111. The van der Waals surface area contributed by atoms with Crippen molar-refractivity contribution in [2.45, 2.75) is 25.4 Å². The Morgan fingerprint density at radius 3 is 2.41 bits per heavy atom. The molecule has 9 heteroatoms. The summed E-state index contributed by atoms with van der Waals surface area (Å²) in [5.74, 6) is 0. The predicted octanol–water partition coefficient (Wildman–Crippen LogP) is 5.82. The van der Waals surface area contributed by atoms with Crippen molar-refractivity contribution < 1.29 is 9.59 Å². The molecule has 2 N–H and O–H groups in total. The van der Waals surface area contributed by atoms with Crippen molar-refractivity contribution in [3.05, 3.63) is 87.9 Å². The third-order valence-corrected chi connectivity index (χ3v) is 7.17. The zero-order chi connectivity index (χ0) is 27.6. The summed E-state index contributed by atoms with van der Waals surface area (Å²) in [7, 11) is 0. The number of nitriles is 1. The van der Waals surface area contributed by atoms with Crippen LogP contribution in [0.4, 0.5) is 10.5 Å². The standard InChI is InChI=1S/C30H31Cl2N5O2/c31-26-15-27(32)17-28(16-26)35-19-29(21-38)37(30(39)34-10-13-36-11-1-2-12-36)20-22-6-8-24(9-7-22)25-5-3-4-23(14-25)18-33/h3-9,14-17,21,29,35H,1-2,10-13,19-20H2,(H,34,39). The SMILES string of the molecule is N#Cc1cccc(-c2ccc(CN(C(=O)NCCN3CCCC3)C(C=O)CNc3cc(Cl)cc(Cl)c3)cc2)c1. The van der Waals surface area contributed by atoms with E-state index in [0.29, 0.717) is 27.8 Å². The number of amides is 2. The van der Waals surface area contributed by atoms with Gasteiger partial charge in [-0.3, -0.25) is 0 Å². The Morgan fingerprint density at radius 2 is 1.74 bits per heavy atom. The topological polar surface area (TPSA) is 88.5 Å². The van der Waals surface area contributed by atoms with E-state index >= 15 is 0 Å². The molecule has 0 saturated carbocycles. The normalized spacial score (nSPS) is 13.9. The molecule has 3 aromatic carbocycles. The quantitative estimate of drug-likeness (QED) is 0.287. The second kappa shape index (κ2) is 14.0. The van der Waals surface area contributed by atoms with Crippen LogP contribution >= 0.6 is 23.2 Å². The Kier molecular flexibility index (Phi) is 10.2. The van der Waals surface area contributed by atoms with Crippen molar-refractivity contribution in [1.82, 2.24) is 15.1 Å². The fourth-order valence-electron chi connectivity index (χ4n) is 4.65.